The van der Waals surface area contributed by atoms with Gasteiger partial charge in [0.2, 0.25) is 0 Å². The van der Waals surface area contributed by atoms with Gasteiger partial charge in [0, 0.05) is 19.3 Å². The number of hydrogen-bond donors (Lipinski definition) is 0. The van der Waals surface area contributed by atoms with E-state index >= 15 is 0 Å². The number of allylic oxidation sites excluding steroid dienone is 14. The summed E-state index contributed by atoms with van der Waals surface area (Å²) < 4.78 is 16.4. The Labute approximate surface area is 318 Å². The summed E-state index contributed by atoms with van der Waals surface area (Å²) in [6.45, 7) is 6.28. The summed E-state index contributed by atoms with van der Waals surface area (Å²) in [7, 11) is 0. The molecule has 0 fully saturated rings. The van der Waals surface area contributed by atoms with Crippen molar-refractivity contribution in [2.24, 2.45) is 0 Å². The molecule has 0 rings (SSSR count). The first-order valence-electron chi connectivity index (χ1n) is 20.6. The lowest BCUT2D eigenvalue weighted by atomic mass is 10.1. The molecule has 0 aliphatic carbocycles. The maximum absolute atomic E-state index is 12.5. The molecule has 0 aliphatic heterocycles. The number of esters is 3. The fourth-order valence-electron chi connectivity index (χ4n) is 5.07. The Morgan fingerprint density at radius 1 is 0.404 bits per heavy atom. The first-order valence-corrected chi connectivity index (χ1v) is 20.6. The monoisotopic (exact) mass is 723 g/mol. The molecule has 0 aliphatic rings. The van der Waals surface area contributed by atoms with Gasteiger partial charge in [0.1, 0.15) is 13.2 Å². The van der Waals surface area contributed by atoms with Gasteiger partial charge in [-0.3, -0.25) is 14.4 Å². The molecule has 0 amide bonds. The molecule has 1 atom stereocenters. The van der Waals surface area contributed by atoms with Gasteiger partial charge in [0.15, 0.2) is 6.10 Å². The highest BCUT2D eigenvalue weighted by atomic mass is 16.6. The van der Waals surface area contributed by atoms with E-state index in [1.54, 1.807) is 0 Å². The van der Waals surface area contributed by atoms with Gasteiger partial charge in [-0.25, -0.2) is 0 Å². The van der Waals surface area contributed by atoms with Crippen LogP contribution in [0.1, 0.15) is 168 Å². The molecule has 0 saturated heterocycles. The van der Waals surface area contributed by atoms with Crippen molar-refractivity contribution < 1.29 is 28.6 Å². The van der Waals surface area contributed by atoms with Crippen LogP contribution in [0.3, 0.4) is 0 Å². The molecular weight excluding hydrogens is 649 g/mol. The fraction of sp³-hybridized carbons (Fsp3) is 0.630. The molecule has 0 N–H and O–H groups in total. The van der Waals surface area contributed by atoms with Gasteiger partial charge in [-0.15, -0.1) is 0 Å². The van der Waals surface area contributed by atoms with Crippen LogP contribution in [-0.2, 0) is 28.6 Å². The summed E-state index contributed by atoms with van der Waals surface area (Å²) >= 11 is 0. The Morgan fingerprint density at radius 2 is 0.750 bits per heavy atom. The highest BCUT2D eigenvalue weighted by molar-refractivity contribution is 5.71. The Bertz CT molecular complexity index is 1060. The molecular formula is C46H74O6. The van der Waals surface area contributed by atoms with Gasteiger partial charge >= 0.3 is 17.9 Å². The van der Waals surface area contributed by atoms with E-state index in [1.807, 2.05) is 0 Å². The molecule has 294 valence electrons. The van der Waals surface area contributed by atoms with E-state index in [0.717, 1.165) is 103 Å². The lowest BCUT2D eigenvalue weighted by Gasteiger charge is -2.18. The molecule has 1 unspecified atom stereocenters. The van der Waals surface area contributed by atoms with E-state index in [4.69, 9.17) is 14.2 Å². The van der Waals surface area contributed by atoms with E-state index in [2.05, 4.69) is 106 Å². The number of carbonyl (C=O) groups excluding carboxylic acids is 3. The van der Waals surface area contributed by atoms with Crippen LogP contribution in [0.2, 0.25) is 0 Å². The van der Waals surface area contributed by atoms with Gasteiger partial charge in [0.05, 0.1) is 0 Å². The van der Waals surface area contributed by atoms with E-state index in [1.165, 1.54) is 19.3 Å². The van der Waals surface area contributed by atoms with E-state index in [0.29, 0.717) is 19.3 Å². The first kappa shape index (κ1) is 48.6. The minimum absolute atomic E-state index is 0.0966. The van der Waals surface area contributed by atoms with Crippen LogP contribution < -0.4 is 0 Å². The third-order valence-electron chi connectivity index (χ3n) is 8.16. The summed E-state index contributed by atoms with van der Waals surface area (Å²) in [5.41, 5.74) is 0. The van der Waals surface area contributed by atoms with Crippen molar-refractivity contribution in [2.75, 3.05) is 13.2 Å². The Hall–Kier alpha value is -3.41. The normalized spacial score (nSPS) is 12.9. The minimum atomic E-state index is -0.790. The third kappa shape index (κ3) is 37.8. The van der Waals surface area contributed by atoms with Gasteiger partial charge in [-0.05, 0) is 70.6 Å². The van der Waals surface area contributed by atoms with Crippen molar-refractivity contribution >= 4 is 17.9 Å². The number of ether oxygens (including phenoxy) is 3. The summed E-state index contributed by atoms with van der Waals surface area (Å²) in [6, 6.07) is 0. The molecule has 0 heterocycles. The van der Waals surface area contributed by atoms with E-state index in [9.17, 15) is 14.4 Å². The van der Waals surface area contributed by atoms with Crippen LogP contribution in [0.15, 0.2) is 85.1 Å². The molecule has 0 saturated carbocycles. The zero-order chi connectivity index (χ0) is 38.0. The zero-order valence-corrected chi connectivity index (χ0v) is 33.3. The molecule has 0 aromatic carbocycles. The molecule has 0 aromatic heterocycles. The molecule has 0 bridgehead atoms. The van der Waals surface area contributed by atoms with Crippen LogP contribution in [-0.4, -0.2) is 37.2 Å². The summed E-state index contributed by atoms with van der Waals surface area (Å²) in [6.07, 6.45) is 50.6. The highest BCUT2D eigenvalue weighted by Gasteiger charge is 2.19. The van der Waals surface area contributed by atoms with Crippen molar-refractivity contribution in [2.45, 2.75) is 175 Å². The number of rotatable bonds is 35. The molecule has 6 heteroatoms. The summed E-state index contributed by atoms with van der Waals surface area (Å²) in [5.74, 6) is -0.996. The average molecular weight is 723 g/mol. The van der Waals surface area contributed by atoms with Gasteiger partial charge < -0.3 is 14.2 Å². The summed E-state index contributed by atoms with van der Waals surface area (Å²) in [5, 5.41) is 0. The molecule has 6 nitrogen and oxygen atoms in total. The van der Waals surface area contributed by atoms with Crippen molar-refractivity contribution in [1.82, 2.24) is 0 Å². The van der Waals surface area contributed by atoms with Crippen molar-refractivity contribution in [1.29, 1.82) is 0 Å². The number of carbonyl (C=O) groups is 3. The van der Waals surface area contributed by atoms with Crippen molar-refractivity contribution in [3.8, 4) is 0 Å². The van der Waals surface area contributed by atoms with Gasteiger partial charge in [0.25, 0.3) is 0 Å². The summed E-state index contributed by atoms with van der Waals surface area (Å²) in [4.78, 5) is 37.1. The lowest BCUT2D eigenvalue weighted by molar-refractivity contribution is -0.167. The molecule has 0 radical (unpaired) electrons. The molecule has 52 heavy (non-hydrogen) atoms. The predicted molar refractivity (Wildman–Crippen MR) is 219 cm³/mol. The number of unbranched alkanes of at least 4 members (excludes halogenated alkanes) is 10. The second kappa shape index (κ2) is 40.4. The Balaban J connectivity index is 4.23. The van der Waals surface area contributed by atoms with Gasteiger partial charge in [-0.1, -0.05) is 164 Å². The zero-order valence-electron chi connectivity index (χ0n) is 33.3. The smallest absolute Gasteiger partial charge is 0.306 e. The topological polar surface area (TPSA) is 78.9 Å². The second-order valence-corrected chi connectivity index (χ2v) is 13.2. The minimum Gasteiger partial charge on any atom is -0.462 e. The standard InChI is InChI=1S/C46H74O6/c1-4-7-10-13-15-16-17-18-19-20-21-22-23-24-25-26-27-28-29-30-31-34-36-39-45(48)51-42-43(41-50-44(47)38-35-32-12-9-6-3)52-46(49)40-37-33-14-11-8-5-2/h7,10,15-16,18-19,21-22,24-25,27-28,30-31,43H,4-6,8-9,11-14,17,20,23,26,29,32-42H2,1-3H3/b10-7-,16-15-,19-18-,22-21-,25-24-,28-27-,31-30-. The van der Waals surface area contributed by atoms with Crippen LogP contribution in [0, 0.1) is 0 Å². The molecule has 0 spiro atoms. The van der Waals surface area contributed by atoms with Crippen LogP contribution in [0.25, 0.3) is 0 Å². The van der Waals surface area contributed by atoms with Crippen molar-refractivity contribution in [3.05, 3.63) is 85.1 Å². The second-order valence-electron chi connectivity index (χ2n) is 13.2. The predicted octanol–water partition coefficient (Wildman–Crippen LogP) is 12.9. The lowest BCUT2D eigenvalue weighted by Crippen LogP contribution is -2.30. The maximum Gasteiger partial charge on any atom is 0.306 e. The third-order valence-corrected chi connectivity index (χ3v) is 8.16. The van der Waals surface area contributed by atoms with E-state index in [-0.39, 0.29) is 37.5 Å². The Kier molecular flexibility index (Phi) is 37.7. The van der Waals surface area contributed by atoms with Crippen LogP contribution in [0.4, 0.5) is 0 Å². The van der Waals surface area contributed by atoms with Gasteiger partial charge in [-0.2, -0.15) is 0 Å². The Morgan fingerprint density at radius 3 is 1.17 bits per heavy atom. The van der Waals surface area contributed by atoms with Crippen molar-refractivity contribution in [3.63, 3.8) is 0 Å². The SMILES string of the molecule is CC/C=C\C/C=C\C/C=C\C/C=C\C/C=C\C/C=C\C/C=C\CCCC(=O)OCC(COC(=O)CCCCCCC)OC(=O)CCCCCCCC. The first-order chi connectivity index (χ1) is 25.5. The average Bonchev–Trinajstić information content (AvgIpc) is 3.14. The highest BCUT2D eigenvalue weighted by Crippen LogP contribution is 2.11. The fourth-order valence-corrected chi connectivity index (χ4v) is 5.07. The quantitative estimate of drug-likeness (QED) is 0.0280. The molecule has 0 aromatic rings. The largest absolute Gasteiger partial charge is 0.462 e. The maximum atomic E-state index is 12.5. The van der Waals surface area contributed by atoms with Crippen LogP contribution >= 0.6 is 0 Å². The number of hydrogen-bond acceptors (Lipinski definition) is 6. The van der Waals surface area contributed by atoms with E-state index < -0.39 is 6.10 Å². The van der Waals surface area contributed by atoms with Crippen LogP contribution in [0.5, 0.6) is 0 Å².